The predicted octanol–water partition coefficient (Wildman–Crippen LogP) is 2.09. The van der Waals surface area contributed by atoms with Crippen LogP contribution in [-0.2, 0) is 28.9 Å². The minimum atomic E-state index is -4.49. The first-order chi connectivity index (χ1) is 14.6. The number of amides is 1. The fraction of sp³-hybridized carbons (Fsp3) is 0.158. The number of rotatable bonds is 6. The van der Waals surface area contributed by atoms with Crippen molar-refractivity contribution >= 4 is 33.3 Å². The number of hydrogen-bond donors (Lipinski definition) is 0. The lowest BCUT2D eigenvalue weighted by Crippen LogP contribution is -2.37. The SMILES string of the molecule is COC(=O)c1cc(N(C(=O)c2cccn2C)S(=O)(=O)c2ccc([N+](=O)[O-])cc2)cn1C. The van der Waals surface area contributed by atoms with E-state index in [1.807, 2.05) is 0 Å². The third kappa shape index (κ3) is 3.92. The molecule has 0 saturated carbocycles. The molecule has 0 aliphatic rings. The Hall–Kier alpha value is -3.93. The lowest BCUT2D eigenvalue weighted by molar-refractivity contribution is -0.384. The van der Waals surface area contributed by atoms with E-state index in [0.29, 0.717) is 4.31 Å². The number of anilines is 1. The average Bonchev–Trinajstić information content (AvgIpc) is 3.32. The first kappa shape index (κ1) is 21.8. The van der Waals surface area contributed by atoms with Crippen molar-refractivity contribution in [1.82, 2.24) is 9.13 Å². The zero-order chi connectivity index (χ0) is 22.9. The molecule has 0 N–H and O–H groups in total. The smallest absolute Gasteiger partial charge is 0.354 e. The van der Waals surface area contributed by atoms with Crippen molar-refractivity contribution in [2.45, 2.75) is 4.90 Å². The monoisotopic (exact) mass is 446 g/mol. The summed E-state index contributed by atoms with van der Waals surface area (Å²) in [5.74, 6) is -1.58. The number of non-ortho nitro benzene ring substituents is 1. The van der Waals surface area contributed by atoms with Gasteiger partial charge in [0, 0.05) is 38.6 Å². The number of esters is 1. The zero-order valence-electron chi connectivity index (χ0n) is 16.8. The number of methoxy groups -OCH3 is 1. The minimum absolute atomic E-state index is 0.0288. The summed E-state index contributed by atoms with van der Waals surface area (Å²) in [6.07, 6.45) is 2.88. The van der Waals surface area contributed by atoms with Gasteiger partial charge in [-0.05, 0) is 30.3 Å². The molecule has 0 aliphatic heterocycles. The molecule has 0 bridgehead atoms. The van der Waals surface area contributed by atoms with Crippen molar-refractivity contribution in [3.8, 4) is 0 Å². The minimum Gasteiger partial charge on any atom is -0.464 e. The maximum Gasteiger partial charge on any atom is 0.354 e. The van der Waals surface area contributed by atoms with Crippen molar-refractivity contribution in [1.29, 1.82) is 0 Å². The Morgan fingerprint density at radius 1 is 1.06 bits per heavy atom. The molecule has 1 aromatic carbocycles. The maximum absolute atomic E-state index is 13.4. The number of carbonyl (C=O) groups is 2. The molecular weight excluding hydrogens is 428 g/mol. The molecule has 2 aromatic heterocycles. The van der Waals surface area contributed by atoms with Crippen LogP contribution < -0.4 is 4.31 Å². The quantitative estimate of drug-likeness (QED) is 0.321. The highest BCUT2D eigenvalue weighted by Crippen LogP contribution is 2.29. The molecule has 0 saturated heterocycles. The number of ether oxygens (including phenoxy) is 1. The molecule has 31 heavy (non-hydrogen) atoms. The molecule has 2 heterocycles. The molecule has 0 spiro atoms. The van der Waals surface area contributed by atoms with E-state index in [1.54, 1.807) is 19.3 Å². The lowest BCUT2D eigenvalue weighted by Gasteiger charge is -2.21. The highest BCUT2D eigenvalue weighted by atomic mass is 32.2. The van der Waals surface area contributed by atoms with Gasteiger partial charge in [-0.15, -0.1) is 0 Å². The van der Waals surface area contributed by atoms with Crippen molar-refractivity contribution in [2.24, 2.45) is 14.1 Å². The van der Waals surface area contributed by atoms with E-state index in [-0.39, 0.29) is 27.7 Å². The van der Waals surface area contributed by atoms with Gasteiger partial charge in [0.25, 0.3) is 21.6 Å². The molecule has 0 unspecified atom stereocenters. The van der Waals surface area contributed by atoms with E-state index in [0.717, 1.165) is 24.3 Å². The molecule has 0 radical (unpaired) electrons. The standard InChI is InChI=1S/C19H18N4O7S/c1-20-10-4-5-16(20)18(24)22(14-11-17(19(25)30-3)21(2)12-14)31(28,29)15-8-6-13(7-9-15)23(26)27/h4-12H,1-3H3. The fourth-order valence-corrected chi connectivity index (χ4v) is 4.34. The number of benzene rings is 1. The second-order valence-electron chi connectivity index (χ2n) is 6.52. The number of aromatic nitrogens is 2. The number of hydrogen-bond acceptors (Lipinski definition) is 7. The van der Waals surface area contributed by atoms with Crippen LogP contribution >= 0.6 is 0 Å². The molecule has 0 fully saturated rings. The van der Waals surface area contributed by atoms with Crippen LogP contribution in [0, 0.1) is 10.1 Å². The van der Waals surface area contributed by atoms with Crippen LogP contribution in [0.4, 0.5) is 11.4 Å². The third-order valence-corrected chi connectivity index (χ3v) is 6.28. The summed E-state index contributed by atoms with van der Waals surface area (Å²) < 4.78 is 34.9. The van der Waals surface area contributed by atoms with E-state index in [1.165, 1.54) is 41.6 Å². The summed E-state index contributed by atoms with van der Waals surface area (Å²) in [6.45, 7) is 0. The Balaban J connectivity index is 2.18. The summed E-state index contributed by atoms with van der Waals surface area (Å²) in [5, 5.41) is 10.9. The topological polar surface area (TPSA) is 134 Å². The van der Waals surface area contributed by atoms with E-state index < -0.39 is 26.8 Å². The van der Waals surface area contributed by atoms with Crippen LogP contribution in [0.1, 0.15) is 21.0 Å². The van der Waals surface area contributed by atoms with Crippen molar-refractivity contribution in [2.75, 3.05) is 11.4 Å². The number of aryl methyl sites for hydroxylation is 2. The maximum atomic E-state index is 13.4. The van der Waals surface area contributed by atoms with Crippen LogP contribution in [0.3, 0.4) is 0 Å². The van der Waals surface area contributed by atoms with E-state index in [2.05, 4.69) is 4.74 Å². The van der Waals surface area contributed by atoms with Gasteiger partial charge >= 0.3 is 5.97 Å². The van der Waals surface area contributed by atoms with Crippen LogP contribution in [0.25, 0.3) is 0 Å². The first-order valence-corrected chi connectivity index (χ1v) is 10.2. The van der Waals surface area contributed by atoms with Gasteiger partial charge in [0.1, 0.15) is 11.4 Å². The van der Waals surface area contributed by atoms with Gasteiger partial charge < -0.3 is 13.9 Å². The molecule has 0 atom stereocenters. The van der Waals surface area contributed by atoms with E-state index in [9.17, 15) is 28.1 Å². The van der Waals surface area contributed by atoms with Crippen LogP contribution in [-0.4, -0.2) is 41.5 Å². The average molecular weight is 446 g/mol. The summed E-state index contributed by atoms with van der Waals surface area (Å²) in [5.41, 5.74) is -0.283. The number of nitrogens with zero attached hydrogens (tertiary/aromatic N) is 4. The van der Waals surface area contributed by atoms with Crippen molar-refractivity contribution in [3.63, 3.8) is 0 Å². The van der Waals surface area contributed by atoms with Gasteiger partial charge in [0.05, 0.1) is 22.6 Å². The number of nitro benzene ring substituents is 1. The molecule has 11 nitrogen and oxygen atoms in total. The molecule has 12 heteroatoms. The Labute approximate surface area is 177 Å². The van der Waals surface area contributed by atoms with Gasteiger partial charge in [0.15, 0.2) is 0 Å². The predicted molar refractivity (Wildman–Crippen MR) is 109 cm³/mol. The molecular formula is C19H18N4O7S. The van der Waals surface area contributed by atoms with Crippen molar-refractivity contribution in [3.05, 3.63) is 76.4 Å². The number of carbonyl (C=O) groups excluding carboxylic acids is 2. The molecule has 162 valence electrons. The van der Waals surface area contributed by atoms with Crippen molar-refractivity contribution < 1.29 is 27.7 Å². The Morgan fingerprint density at radius 3 is 2.23 bits per heavy atom. The highest BCUT2D eigenvalue weighted by molar-refractivity contribution is 7.93. The van der Waals surface area contributed by atoms with Crippen LogP contribution in [0.2, 0.25) is 0 Å². The van der Waals surface area contributed by atoms with Crippen LogP contribution in [0.5, 0.6) is 0 Å². The van der Waals surface area contributed by atoms with E-state index in [4.69, 9.17) is 0 Å². The number of sulfonamides is 1. The fourth-order valence-electron chi connectivity index (χ4n) is 2.96. The van der Waals surface area contributed by atoms with Gasteiger partial charge in [-0.3, -0.25) is 14.9 Å². The Morgan fingerprint density at radius 2 is 1.71 bits per heavy atom. The Bertz CT molecular complexity index is 1270. The summed E-state index contributed by atoms with van der Waals surface area (Å²) in [7, 11) is -0.238. The first-order valence-electron chi connectivity index (χ1n) is 8.78. The van der Waals surface area contributed by atoms with Crippen LogP contribution in [0.15, 0.2) is 59.8 Å². The summed E-state index contributed by atoms with van der Waals surface area (Å²) in [6, 6.07) is 8.40. The van der Waals surface area contributed by atoms with Gasteiger partial charge in [-0.1, -0.05) is 0 Å². The van der Waals surface area contributed by atoms with Gasteiger partial charge in [0.2, 0.25) is 0 Å². The Kier molecular flexibility index (Phi) is 5.66. The highest BCUT2D eigenvalue weighted by Gasteiger charge is 2.35. The lowest BCUT2D eigenvalue weighted by atomic mass is 10.3. The molecule has 1 amide bonds. The third-order valence-electron chi connectivity index (χ3n) is 4.55. The summed E-state index contributed by atoms with van der Waals surface area (Å²) >= 11 is 0. The van der Waals surface area contributed by atoms with Gasteiger partial charge in [-0.25, -0.2) is 13.2 Å². The van der Waals surface area contributed by atoms with E-state index >= 15 is 0 Å². The molecule has 3 rings (SSSR count). The molecule has 3 aromatic rings. The second-order valence-corrected chi connectivity index (χ2v) is 8.30. The van der Waals surface area contributed by atoms with Gasteiger partial charge in [-0.2, -0.15) is 4.31 Å². The largest absolute Gasteiger partial charge is 0.464 e. The molecule has 0 aliphatic carbocycles. The second kappa shape index (κ2) is 8.07. The number of nitro groups is 1. The zero-order valence-corrected chi connectivity index (χ0v) is 17.6. The summed E-state index contributed by atoms with van der Waals surface area (Å²) in [4.78, 5) is 35.2. The normalized spacial score (nSPS) is 11.2.